The Morgan fingerprint density at radius 3 is 3.00 bits per heavy atom. The molecule has 0 radical (unpaired) electrons. The molecule has 0 aromatic carbocycles. The second-order valence-electron chi connectivity index (χ2n) is 4.38. The van der Waals surface area contributed by atoms with Crippen molar-refractivity contribution in [1.29, 1.82) is 0 Å². The van der Waals surface area contributed by atoms with Gasteiger partial charge in [-0.25, -0.2) is 4.68 Å². The molecule has 0 aliphatic heterocycles. The van der Waals surface area contributed by atoms with Gasteiger partial charge in [-0.15, -0.1) is 0 Å². The molecule has 0 saturated heterocycles. The summed E-state index contributed by atoms with van der Waals surface area (Å²) in [6.07, 6.45) is 3.98. The van der Waals surface area contributed by atoms with Crippen LogP contribution in [-0.2, 0) is 6.54 Å². The molecule has 1 aliphatic rings. The Morgan fingerprint density at radius 2 is 2.41 bits per heavy atom. The van der Waals surface area contributed by atoms with Crippen LogP contribution >= 0.6 is 11.6 Å². The van der Waals surface area contributed by atoms with Crippen LogP contribution in [0.4, 0.5) is 5.69 Å². The topological polar surface area (TPSA) is 72.9 Å². The minimum absolute atomic E-state index is 0.125. The zero-order valence-electron chi connectivity index (χ0n) is 9.82. The number of halogens is 1. The molecule has 6 heteroatoms. The predicted octanol–water partition coefficient (Wildman–Crippen LogP) is 1.07. The summed E-state index contributed by atoms with van der Waals surface area (Å²) in [6, 6.07) is 0.125. The Hall–Kier alpha value is -1.07. The van der Waals surface area contributed by atoms with Crippen molar-refractivity contribution in [2.24, 2.45) is 11.7 Å². The lowest BCUT2D eigenvalue weighted by Gasteiger charge is -2.13. The molecule has 17 heavy (non-hydrogen) atoms. The number of hydrogen-bond donors (Lipinski definition) is 2. The number of hydrogen-bond acceptors (Lipinski definition) is 4. The number of nitrogens with one attached hydrogen (secondary N) is 1. The van der Waals surface area contributed by atoms with E-state index in [9.17, 15) is 4.79 Å². The van der Waals surface area contributed by atoms with Gasteiger partial charge < -0.3 is 11.1 Å². The molecular formula is C11H17ClN4O. The predicted molar refractivity (Wildman–Crippen MR) is 68.4 cm³/mol. The quantitative estimate of drug-likeness (QED) is 0.827. The van der Waals surface area contributed by atoms with Crippen LogP contribution in [0.3, 0.4) is 0 Å². The van der Waals surface area contributed by atoms with Crippen molar-refractivity contribution in [2.45, 2.75) is 32.4 Å². The van der Waals surface area contributed by atoms with E-state index in [4.69, 9.17) is 17.3 Å². The molecule has 1 saturated carbocycles. The highest BCUT2D eigenvalue weighted by Gasteiger charge is 2.28. The Balaban J connectivity index is 2.05. The maximum Gasteiger partial charge on any atom is 0.287 e. The van der Waals surface area contributed by atoms with Crippen LogP contribution in [0.2, 0.25) is 5.02 Å². The lowest BCUT2D eigenvalue weighted by Crippen LogP contribution is -2.32. The van der Waals surface area contributed by atoms with E-state index in [-0.39, 0.29) is 16.6 Å². The first-order valence-corrected chi connectivity index (χ1v) is 6.26. The minimum Gasteiger partial charge on any atom is -0.381 e. The minimum atomic E-state index is -0.265. The summed E-state index contributed by atoms with van der Waals surface area (Å²) >= 11 is 5.98. The van der Waals surface area contributed by atoms with Crippen molar-refractivity contribution >= 4 is 17.3 Å². The maximum absolute atomic E-state index is 11.7. The van der Waals surface area contributed by atoms with E-state index in [1.165, 1.54) is 17.5 Å². The first-order chi connectivity index (χ1) is 8.13. The summed E-state index contributed by atoms with van der Waals surface area (Å²) in [5.41, 5.74) is 6.26. The number of anilines is 1. The molecule has 0 amide bonds. The Morgan fingerprint density at radius 1 is 1.71 bits per heavy atom. The zero-order chi connectivity index (χ0) is 12.4. The fourth-order valence-corrected chi connectivity index (χ4v) is 1.95. The number of nitrogens with zero attached hydrogens (tertiary/aromatic N) is 2. The summed E-state index contributed by atoms with van der Waals surface area (Å²) in [7, 11) is 0. The molecule has 3 N–H and O–H groups in total. The molecule has 1 fully saturated rings. The molecule has 5 nitrogen and oxygen atoms in total. The summed E-state index contributed by atoms with van der Waals surface area (Å²) in [5.74, 6) is 0.616. The zero-order valence-corrected chi connectivity index (χ0v) is 10.6. The molecule has 2 rings (SSSR count). The number of aromatic nitrogens is 2. The Bertz CT molecular complexity index is 455. The van der Waals surface area contributed by atoms with E-state index < -0.39 is 0 Å². The summed E-state index contributed by atoms with van der Waals surface area (Å²) in [6.45, 7) is 2.99. The van der Waals surface area contributed by atoms with Crippen LogP contribution in [-0.4, -0.2) is 22.4 Å². The fraction of sp³-hybridized carbons (Fsp3) is 0.636. The van der Waals surface area contributed by atoms with Gasteiger partial charge >= 0.3 is 0 Å². The summed E-state index contributed by atoms with van der Waals surface area (Å²) in [4.78, 5) is 11.7. The molecule has 1 unspecified atom stereocenters. The van der Waals surface area contributed by atoms with Crippen LogP contribution in [0.15, 0.2) is 11.0 Å². The van der Waals surface area contributed by atoms with Gasteiger partial charge in [-0.3, -0.25) is 4.79 Å². The van der Waals surface area contributed by atoms with Crippen LogP contribution in [0.5, 0.6) is 0 Å². The summed E-state index contributed by atoms with van der Waals surface area (Å²) < 4.78 is 1.33. The average molecular weight is 257 g/mol. The molecular weight excluding hydrogens is 240 g/mol. The SMILES string of the molecule is CCn1ncc(NCC(N)C2CC2)c(Cl)c1=O. The lowest BCUT2D eigenvalue weighted by atomic mass is 10.2. The molecule has 1 atom stereocenters. The average Bonchev–Trinajstić information content (AvgIpc) is 3.15. The Kier molecular flexibility index (Phi) is 3.69. The van der Waals surface area contributed by atoms with E-state index in [0.717, 1.165) is 0 Å². The fourth-order valence-electron chi connectivity index (χ4n) is 1.73. The van der Waals surface area contributed by atoms with Crippen molar-refractivity contribution in [1.82, 2.24) is 9.78 Å². The lowest BCUT2D eigenvalue weighted by molar-refractivity contribution is 0.609. The van der Waals surface area contributed by atoms with E-state index in [1.807, 2.05) is 6.92 Å². The number of aryl methyl sites for hydroxylation is 1. The van der Waals surface area contributed by atoms with Crippen molar-refractivity contribution < 1.29 is 0 Å². The molecule has 1 aromatic heterocycles. The highest BCUT2D eigenvalue weighted by Crippen LogP contribution is 2.31. The molecule has 1 heterocycles. The van der Waals surface area contributed by atoms with Gasteiger partial charge in [0.25, 0.3) is 5.56 Å². The van der Waals surface area contributed by atoms with Gasteiger partial charge in [-0.1, -0.05) is 11.6 Å². The molecule has 94 valence electrons. The highest BCUT2D eigenvalue weighted by molar-refractivity contribution is 6.32. The highest BCUT2D eigenvalue weighted by atomic mass is 35.5. The molecule has 1 aliphatic carbocycles. The van der Waals surface area contributed by atoms with E-state index in [0.29, 0.717) is 24.7 Å². The third-order valence-corrected chi connectivity index (χ3v) is 3.41. The number of nitrogens with two attached hydrogens (primary N) is 1. The third kappa shape index (κ3) is 2.79. The van der Waals surface area contributed by atoms with Gasteiger partial charge in [-0.2, -0.15) is 5.10 Å². The van der Waals surface area contributed by atoms with Crippen molar-refractivity contribution in [3.05, 3.63) is 21.6 Å². The van der Waals surface area contributed by atoms with Gasteiger partial charge in [0.1, 0.15) is 5.02 Å². The first kappa shape index (κ1) is 12.4. The Labute approximate surface area is 105 Å². The third-order valence-electron chi connectivity index (χ3n) is 3.04. The van der Waals surface area contributed by atoms with Gasteiger partial charge in [0, 0.05) is 19.1 Å². The van der Waals surface area contributed by atoms with Gasteiger partial charge in [-0.05, 0) is 25.7 Å². The van der Waals surface area contributed by atoms with E-state index >= 15 is 0 Å². The molecule has 0 spiro atoms. The van der Waals surface area contributed by atoms with Gasteiger partial charge in [0.2, 0.25) is 0 Å². The van der Waals surface area contributed by atoms with Crippen molar-refractivity contribution in [2.75, 3.05) is 11.9 Å². The van der Waals surface area contributed by atoms with Crippen molar-refractivity contribution in [3.63, 3.8) is 0 Å². The maximum atomic E-state index is 11.7. The standard InChI is InChI=1S/C11H17ClN4O/c1-2-16-11(17)10(12)9(6-15-16)14-5-8(13)7-3-4-7/h6-8,14H,2-5,13H2,1H3. The van der Waals surface area contributed by atoms with Crippen LogP contribution in [0.25, 0.3) is 0 Å². The second-order valence-corrected chi connectivity index (χ2v) is 4.75. The largest absolute Gasteiger partial charge is 0.381 e. The van der Waals surface area contributed by atoms with E-state index in [1.54, 1.807) is 6.20 Å². The molecule has 0 bridgehead atoms. The van der Waals surface area contributed by atoms with Gasteiger partial charge in [0.05, 0.1) is 11.9 Å². The molecule has 1 aromatic rings. The van der Waals surface area contributed by atoms with Crippen molar-refractivity contribution in [3.8, 4) is 0 Å². The van der Waals surface area contributed by atoms with Gasteiger partial charge in [0.15, 0.2) is 0 Å². The van der Waals surface area contributed by atoms with E-state index in [2.05, 4.69) is 10.4 Å². The first-order valence-electron chi connectivity index (χ1n) is 5.88. The smallest absolute Gasteiger partial charge is 0.287 e. The van der Waals surface area contributed by atoms with Crippen LogP contribution < -0.4 is 16.6 Å². The summed E-state index contributed by atoms with van der Waals surface area (Å²) in [5, 5.41) is 7.29. The number of rotatable bonds is 5. The van der Waals surface area contributed by atoms with Crippen LogP contribution in [0, 0.1) is 5.92 Å². The second kappa shape index (κ2) is 5.06. The normalized spacial score (nSPS) is 16.9. The monoisotopic (exact) mass is 256 g/mol. The van der Waals surface area contributed by atoms with Crippen LogP contribution in [0.1, 0.15) is 19.8 Å².